The molecule has 2 aromatic carbocycles. The number of amides is 3. The van der Waals surface area contributed by atoms with Crippen molar-refractivity contribution in [2.24, 2.45) is 5.92 Å². The average molecular weight is 471 g/mol. The lowest BCUT2D eigenvalue weighted by atomic mass is 9.99. The summed E-state index contributed by atoms with van der Waals surface area (Å²) in [5.74, 6) is 1.41. The number of benzene rings is 2. The maximum atomic E-state index is 13.4. The van der Waals surface area contributed by atoms with Gasteiger partial charge < -0.3 is 40.2 Å². The Morgan fingerprint density at radius 3 is 2.50 bits per heavy atom. The number of aliphatic hydroxyl groups excluding tert-OH is 1. The summed E-state index contributed by atoms with van der Waals surface area (Å²) in [7, 11) is 1.85. The molecule has 0 radical (unpaired) electrons. The third kappa shape index (κ3) is 5.02. The number of carbonyl (C=O) groups is 2. The number of likely N-dealkylation sites (N-methyl/N-ethyl adjacent to an activating group) is 1. The van der Waals surface area contributed by atoms with Crippen molar-refractivity contribution in [3.8, 4) is 17.2 Å². The molecule has 2 aliphatic rings. The zero-order valence-electron chi connectivity index (χ0n) is 19.5. The van der Waals surface area contributed by atoms with Crippen LogP contribution in [0.2, 0.25) is 0 Å². The van der Waals surface area contributed by atoms with Crippen LogP contribution in [0.4, 0.5) is 16.2 Å². The smallest absolute Gasteiger partial charge is 0.323 e. The van der Waals surface area contributed by atoms with Gasteiger partial charge >= 0.3 is 6.03 Å². The molecular formula is C24H30N4O6. The number of rotatable bonds is 6. The predicted octanol–water partition coefficient (Wildman–Crippen LogP) is 2.50. The molecule has 0 bridgehead atoms. The molecule has 10 nitrogen and oxygen atoms in total. The summed E-state index contributed by atoms with van der Waals surface area (Å²) in [6, 6.07) is 9.25. The number of fused-ring (bicyclic) bond motifs is 2. The van der Waals surface area contributed by atoms with Crippen LogP contribution in [0.15, 0.2) is 36.4 Å². The van der Waals surface area contributed by atoms with Crippen LogP contribution < -0.4 is 30.2 Å². The van der Waals surface area contributed by atoms with E-state index in [0.29, 0.717) is 47.3 Å². The average Bonchev–Trinajstić information content (AvgIpc) is 3.29. The minimum Gasteiger partial charge on any atom is -0.488 e. The second-order valence-corrected chi connectivity index (χ2v) is 8.54. The summed E-state index contributed by atoms with van der Waals surface area (Å²) in [4.78, 5) is 27.7. The number of nitrogens with zero attached hydrogens (tertiary/aromatic N) is 1. The molecule has 3 atom stereocenters. The topological polar surface area (TPSA) is 121 Å². The first-order valence-electron chi connectivity index (χ1n) is 11.2. The van der Waals surface area contributed by atoms with Crippen molar-refractivity contribution in [2.45, 2.75) is 26.0 Å². The van der Waals surface area contributed by atoms with Gasteiger partial charge in [0.05, 0.1) is 18.2 Å². The maximum Gasteiger partial charge on any atom is 0.323 e. The quantitative estimate of drug-likeness (QED) is 0.512. The van der Waals surface area contributed by atoms with E-state index in [1.54, 1.807) is 48.2 Å². The molecule has 0 saturated heterocycles. The van der Waals surface area contributed by atoms with Crippen LogP contribution in [0, 0.1) is 5.92 Å². The van der Waals surface area contributed by atoms with E-state index < -0.39 is 6.03 Å². The van der Waals surface area contributed by atoms with Crippen LogP contribution in [-0.2, 0) is 0 Å². The van der Waals surface area contributed by atoms with E-state index >= 15 is 0 Å². The molecule has 2 heterocycles. The van der Waals surface area contributed by atoms with E-state index in [9.17, 15) is 14.7 Å². The second kappa shape index (κ2) is 10.2. The first-order chi connectivity index (χ1) is 16.4. The van der Waals surface area contributed by atoms with Crippen molar-refractivity contribution < 1.29 is 28.9 Å². The second-order valence-electron chi connectivity index (χ2n) is 8.54. The molecule has 2 aromatic rings. The van der Waals surface area contributed by atoms with E-state index in [1.807, 2.05) is 14.0 Å². The van der Waals surface area contributed by atoms with Crippen LogP contribution in [0.1, 0.15) is 24.2 Å². The van der Waals surface area contributed by atoms with E-state index in [1.165, 1.54) is 0 Å². The van der Waals surface area contributed by atoms with E-state index in [-0.39, 0.29) is 37.4 Å². The Morgan fingerprint density at radius 1 is 1.12 bits per heavy atom. The first kappa shape index (κ1) is 23.7. The Balaban J connectivity index is 1.55. The van der Waals surface area contributed by atoms with Gasteiger partial charge in [0.2, 0.25) is 6.79 Å². The number of nitrogens with one attached hydrogen (secondary N) is 3. The molecule has 4 N–H and O–H groups in total. The van der Waals surface area contributed by atoms with Gasteiger partial charge in [-0.3, -0.25) is 4.79 Å². The molecule has 10 heteroatoms. The fourth-order valence-electron chi connectivity index (χ4n) is 4.01. The number of carbonyl (C=O) groups excluding carboxylic acids is 2. The number of anilines is 2. The molecule has 3 amide bonds. The Kier molecular flexibility index (Phi) is 7.09. The highest BCUT2D eigenvalue weighted by Crippen LogP contribution is 2.34. The molecule has 0 spiro atoms. The number of hydrogen-bond donors (Lipinski definition) is 4. The summed E-state index contributed by atoms with van der Waals surface area (Å²) in [5.41, 5.74) is 1.30. The maximum absolute atomic E-state index is 13.4. The van der Waals surface area contributed by atoms with Crippen molar-refractivity contribution in [3.63, 3.8) is 0 Å². The zero-order valence-corrected chi connectivity index (χ0v) is 19.5. The lowest BCUT2D eigenvalue weighted by molar-refractivity contribution is 0.0416. The third-order valence-electron chi connectivity index (χ3n) is 5.96. The molecule has 0 saturated carbocycles. The van der Waals surface area contributed by atoms with Gasteiger partial charge in [0.25, 0.3) is 5.91 Å². The largest absolute Gasteiger partial charge is 0.488 e. The van der Waals surface area contributed by atoms with Crippen molar-refractivity contribution >= 4 is 23.3 Å². The predicted molar refractivity (Wildman–Crippen MR) is 127 cm³/mol. The Bertz CT molecular complexity index is 1060. The summed E-state index contributed by atoms with van der Waals surface area (Å²) >= 11 is 0. The minimum atomic E-state index is -0.472. The number of ether oxygens (including phenoxy) is 3. The third-order valence-corrected chi connectivity index (χ3v) is 5.96. The molecule has 0 unspecified atom stereocenters. The molecule has 182 valence electrons. The van der Waals surface area contributed by atoms with Gasteiger partial charge in [-0.25, -0.2) is 4.79 Å². The zero-order chi connectivity index (χ0) is 24.2. The fraction of sp³-hybridized carbons (Fsp3) is 0.417. The van der Waals surface area contributed by atoms with Crippen molar-refractivity contribution in [1.29, 1.82) is 0 Å². The monoisotopic (exact) mass is 470 g/mol. The lowest BCUT2D eigenvalue weighted by Gasteiger charge is -2.37. The van der Waals surface area contributed by atoms with Crippen molar-refractivity contribution in [1.82, 2.24) is 10.2 Å². The van der Waals surface area contributed by atoms with Gasteiger partial charge in [-0.2, -0.15) is 0 Å². The summed E-state index contributed by atoms with van der Waals surface area (Å²) in [5, 5.41) is 18.4. The van der Waals surface area contributed by atoms with Gasteiger partial charge in [-0.1, -0.05) is 6.92 Å². The van der Waals surface area contributed by atoms with E-state index in [0.717, 1.165) is 0 Å². The molecule has 4 rings (SSSR count). The van der Waals surface area contributed by atoms with E-state index in [2.05, 4.69) is 16.0 Å². The molecule has 0 fully saturated rings. The molecular weight excluding hydrogens is 440 g/mol. The van der Waals surface area contributed by atoms with E-state index in [4.69, 9.17) is 14.2 Å². The van der Waals surface area contributed by atoms with Gasteiger partial charge in [-0.15, -0.1) is 0 Å². The summed E-state index contributed by atoms with van der Waals surface area (Å²) in [6.45, 7) is 4.87. The van der Waals surface area contributed by atoms with Crippen molar-refractivity contribution in [2.75, 3.05) is 44.2 Å². The Labute approximate surface area is 198 Å². The highest BCUT2D eigenvalue weighted by Gasteiger charge is 2.32. The lowest BCUT2D eigenvalue weighted by Crippen LogP contribution is -2.49. The Morgan fingerprint density at radius 2 is 1.79 bits per heavy atom. The Hall–Kier alpha value is -3.50. The molecule has 34 heavy (non-hydrogen) atoms. The number of urea groups is 1. The van der Waals surface area contributed by atoms with Gasteiger partial charge in [0.15, 0.2) is 11.5 Å². The SMILES string of the molecule is CNC[C@@H]1Oc2ccc(NC(=O)Nc3ccc4c(c3)OCO4)cc2C(=O)N([C@H](C)CO)C[C@H]1C. The molecule has 2 aliphatic heterocycles. The fourth-order valence-corrected chi connectivity index (χ4v) is 4.01. The first-order valence-corrected chi connectivity index (χ1v) is 11.2. The van der Waals surface area contributed by atoms with Crippen LogP contribution in [0.25, 0.3) is 0 Å². The summed E-state index contributed by atoms with van der Waals surface area (Å²) < 4.78 is 16.8. The van der Waals surface area contributed by atoms with Gasteiger partial charge in [-0.05, 0) is 44.3 Å². The van der Waals surface area contributed by atoms with Crippen molar-refractivity contribution in [3.05, 3.63) is 42.0 Å². The standard InChI is InChI=1S/C24H30N4O6/c1-14-11-28(15(2)12-29)23(30)18-8-16(4-6-19(18)34-22(14)10-25-3)26-24(31)27-17-5-7-20-21(9-17)33-13-32-20/h4-9,14-15,22,25,29H,10-13H2,1-3H3,(H2,26,27,31)/t14-,15-,22+/m1/s1. The van der Waals surface area contributed by atoms with Crippen LogP contribution in [0.3, 0.4) is 0 Å². The van der Waals surface area contributed by atoms with Gasteiger partial charge in [0, 0.05) is 36.4 Å². The summed E-state index contributed by atoms with van der Waals surface area (Å²) in [6.07, 6.45) is -0.168. The number of aliphatic hydroxyl groups is 1. The highest BCUT2D eigenvalue weighted by atomic mass is 16.7. The van der Waals surface area contributed by atoms with Crippen LogP contribution in [0.5, 0.6) is 17.2 Å². The minimum absolute atomic E-state index is 0.0452. The van der Waals surface area contributed by atoms with Crippen LogP contribution in [-0.4, -0.2) is 67.6 Å². The van der Waals surface area contributed by atoms with Gasteiger partial charge in [0.1, 0.15) is 11.9 Å². The van der Waals surface area contributed by atoms with Crippen LogP contribution >= 0.6 is 0 Å². The highest BCUT2D eigenvalue weighted by molar-refractivity contribution is 6.02. The molecule has 0 aliphatic carbocycles. The normalized spacial score (nSPS) is 20.0. The molecule has 0 aromatic heterocycles. The number of hydrogen-bond acceptors (Lipinski definition) is 7.